The molecule has 0 bridgehead atoms. The Kier molecular flexibility index (Phi) is 6.89. The quantitative estimate of drug-likeness (QED) is 0.826. The van der Waals surface area contributed by atoms with Gasteiger partial charge in [0.15, 0.2) is 0 Å². The number of hydrogen-bond donors (Lipinski definition) is 2. The summed E-state index contributed by atoms with van der Waals surface area (Å²) in [6.07, 6.45) is 2.07. The molecule has 2 aliphatic rings. The van der Waals surface area contributed by atoms with Crippen LogP contribution >= 0.6 is 24.8 Å². The van der Waals surface area contributed by atoms with Crippen LogP contribution in [0.25, 0.3) is 0 Å². The third-order valence-electron chi connectivity index (χ3n) is 4.92. The van der Waals surface area contributed by atoms with Crippen molar-refractivity contribution in [3.05, 3.63) is 17.7 Å². The highest BCUT2D eigenvalue weighted by molar-refractivity contribution is 5.85. The normalized spacial score (nSPS) is 25.9. The van der Waals surface area contributed by atoms with Crippen LogP contribution in [0.15, 0.2) is 6.33 Å². The molecule has 8 heteroatoms. The highest BCUT2D eigenvalue weighted by atomic mass is 35.5. The van der Waals surface area contributed by atoms with E-state index in [2.05, 4.69) is 34.3 Å². The standard InChI is InChI=1S/C15H25N5O.2ClH/c1-11-13(18-10-17-11)4-14(21)20-6-12-5-16-7-15(12,9-20)8-19(2)3;;/h10,12,16H,4-9H2,1-3H3,(H,17,18);2*1H. The van der Waals surface area contributed by atoms with E-state index in [0.717, 1.165) is 44.1 Å². The van der Waals surface area contributed by atoms with Crippen molar-refractivity contribution >= 4 is 30.7 Å². The van der Waals surface area contributed by atoms with Gasteiger partial charge in [0, 0.05) is 43.8 Å². The molecule has 0 saturated carbocycles. The average Bonchev–Trinajstić information content (AvgIpc) is 3.03. The second-order valence-electron chi connectivity index (χ2n) is 6.85. The van der Waals surface area contributed by atoms with Crippen LogP contribution in [0.4, 0.5) is 0 Å². The van der Waals surface area contributed by atoms with Gasteiger partial charge >= 0.3 is 0 Å². The van der Waals surface area contributed by atoms with E-state index in [1.807, 2.05) is 11.8 Å². The molecule has 2 unspecified atom stereocenters. The predicted molar refractivity (Wildman–Crippen MR) is 95.5 cm³/mol. The zero-order valence-electron chi connectivity index (χ0n) is 14.0. The number of fused-ring (bicyclic) bond motifs is 1. The molecule has 2 fully saturated rings. The van der Waals surface area contributed by atoms with Gasteiger partial charge in [-0.2, -0.15) is 0 Å². The summed E-state index contributed by atoms with van der Waals surface area (Å²) in [5.41, 5.74) is 2.09. The molecule has 132 valence electrons. The van der Waals surface area contributed by atoms with Crippen molar-refractivity contribution < 1.29 is 4.79 Å². The number of aromatic amines is 1. The Morgan fingerprint density at radius 1 is 1.48 bits per heavy atom. The van der Waals surface area contributed by atoms with Crippen molar-refractivity contribution in [2.45, 2.75) is 13.3 Å². The molecule has 2 atom stereocenters. The summed E-state index contributed by atoms with van der Waals surface area (Å²) in [5.74, 6) is 0.780. The minimum Gasteiger partial charge on any atom is -0.348 e. The van der Waals surface area contributed by atoms with Gasteiger partial charge in [-0.25, -0.2) is 4.98 Å². The molecule has 2 aliphatic heterocycles. The van der Waals surface area contributed by atoms with E-state index in [1.54, 1.807) is 6.33 Å². The topological polar surface area (TPSA) is 64.3 Å². The zero-order chi connectivity index (χ0) is 15.0. The van der Waals surface area contributed by atoms with Crippen LogP contribution < -0.4 is 5.32 Å². The summed E-state index contributed by atoms with van der Waals surface area (Å²) in [5, 5.41) is 3.50. The summed E-state index contributed by atoms with van der Waals surface area (Å²) in [6.45, 7) is 6.79. The lowest BCUT2D eigenvalue weighted by molar-refractivity contribution is -0.130. The van der Waals surface area contributed by atoms with Crippen LogP contribution in [0.5, 0.6) is 0 Å². The highest BCUT2D eigenvalue weighted by Crippen LogP contribution is 2.39. The first-order valence-corrected chi connectivity index (χ1v) is 7.62. The van der Waals surface area contributed by atoms with Gasteiger partial charge in [-0.15, -0.1) is 24.8 Å². The Bertz CT molecular complexity index is 536. The van der Waals surface area contributed by atoms with E-state index in [1.165, 1.54) is 0 Å². The molecule has 6 nitrogen and oxygen atoms in total. The molecule has 1 aromatic heterocycles. The number of imidazole rings is 1. The van der Waals surface area contributed by atoms with Gasteiger partial charge in [-0.1, -0.05) is 0 Å². The third-order valence-corrected chi connectivity index (χ3v) is 4.92. The maximum Gasteiger partial charge on any atom is 0.228 e. The van der Waals surface area contributed by atoms with Crippen LogP contribution in [0, 0.1) is 18.3 Å². The van der Waals surface area contributed by atoms with Gasteiger partial charge in [0.1, 0.15) is 0 Å². The van der Waals surface area contributed by atoms with E-state index in [-0.39, 0.29) is 36.1 Å². The molecule has 2 N–H and O–H groups in total. The molecule has 2 saturated heterocycles. The Morgan fingerprint density at radius 2 is 2.22 bits per heavy atom. The second-order valence-corrected chi connectivity index (χ2v) is 6.85. The van der Waals surface area contributed by atoms with Gasteiger partial charge in [-0.3, -0.25) is 4.79 Å². The van der Waals surface area contributed by atoms with E-state index < -0.39 is 0 Å². The van der Waals surface area contributed by atoms with E-state index in [0.29, 0.717) is 12.3 Å². The fourth-order valence-electron chi connectivity index (χ4n) is 3.89. The second kappa shape index (κ2) is 7.83. The molecular weight excluding hydrogens is 337 g/mol. The molecule has 0 aromatic carbocycles. The minimum atomic E-state index is 0. The number of H-pyrrole nitrogens is 1. The lowest BCUT2D eigenvalue weighted by Crippen LogP contribution is -2.42. The van der Waals surface area contributed by atoms with Crippen molar-refractivity contribution in [3.63, 3.8) is 0 Å². The average molecular weight is 364 g/mol. The number of amides is 1. The van der Waals surface area contributed by atoms with E-state index >= 15 is 0 Å². The summed E-state index contributed by atoms with van der Waals surface area (Å²) in [7, 11) is 4.23. The van der Waals surface area contributed by atoms with Gasteiger partial charge in [0.25, 0.3) is 0 Å². The van der Waals surface area contributed by atoms with Crippen molar-refractivity contribution in [2.75, 3.05) is 46.8 Å². The molecule has 1 aromatic rings. The van der Waals surface area contributed by atoms with Crippen LogP contribution in [0.2, 0.25) is 0 Å². The van der Waals surface area contributed by atoms with Crippen molar-refractivity contribution in [2.24, 2.45) is 11.3 Å². The Balaban J connectivity index is 0.00000132. The molecule has 0 aliphatic carbocycles. The van der Waals surface area contributed by atoms with Crippen molar-refractivity contribution in [1.82, 2.24) is 25.1 Å². The number of hydrogen-bond acceptors (Lipinski definition) is 4. The maximum absolute atomic E-state index is 12.6. The zero-order valence-corrected chi connectivity index (χ0v) is 15.6. The fourth-order valence-corrected chi connectivity index (χ4v) is 3.89. The van der Waals surface area contributed by atoms with Gasteiger partial charge in [0.05, 0.1) is 18.4 Å². The monoisotopic (exact) mass is 363 g/mol. The molecule has 3 heterocycles. The molecule has 3 rings (SSSR count). The maximum atomic E-state index is 12.6. The summed E-state index contributed by atoms with van der Waals surface area (Å²) in [4.78, 5) is 24.1. The van der Waals surface area contributed by atoms with Gasteiger partial charge in [0.2, 0.25) is 5.91 Å². The number of aromatic nitrogens is 2. The van der Waals surface area contributed by atoms with Crippen LogP contribution in [-0.2, 0) is 11.2 Å². The number of rotatable bonds is 4. The number of carbonyl (C=O) groups is 1. The minimum absolute atomic E-state index is 0. The van der Waals surface area contributed by atoms with Crippen molar-refractivity contribution in [3.8, 4) is 0 Å². The number of nitrogens with zero attached hydrogens (tertiary/aromatic N) is 3. The first kappa shape index (κ1) is 20.2. The summed E-state index contributed by atoms with van der Waals surface area (Å²) >= 11 is 0. The lowest BCUT2D eigenvalue weighted by atomic mass is 9.80. The highest BCUT2D eigenvalue weighted by Gasteiger charge is 2.50. The lowest BCUT2D eigenvalue weighted by Gasteiger charge is -2.31. The molecule has 23 heavy (non-hydrogen) atoms. The SMILES string of the molecule is Cc1[nH]cnc1CC(=O)N1CC2CNCC2(CN(C)C)C1.Cl.Cl. The first-order chi connectivity index (χ1) is 10.00. The predicted octanol–water partition coefficient (Wildman–Crippen LogP) is 0.714. The molecule has 0 radical (unpaired) electrons. The Labute approximate surface area is 150 Å². The van der Waals surface area contributed by atoms with Crippen LogP contribution in [0.3, 0.4) is 0 Å². The summed E-state index contributed by atoms with van der Waals surface area (Å²) < 4.78 is 0. The largest absolute Gasteiger partial charge is 0.348 e. The van der Waals surface area contributed by atoms with Gasteiger partial charge < -0.3 is 20.1 Å². The third kappa shape index (κ3) is 3.99. The Hall–Kier alpha value is -0.820. The van der Waals surface area contributed by atoms with Crippen LogP contribution in [-0.4, -0.2) is 72.5 Å². The smallest absolute Gasteiger partial charge is 0.228 e. The van der Waals surface area contributed by atoms with E-state index in [4.69, 9.17) is 0 Å². The number of aryl methyl sites for hydroxylation is 1. The summed E-state index contributed by atoms with van der Waals surface area (Å²) in [6, 6.07) is 0. The van der Waals surface area contributed by atoms with Crippen molar-refractivity contribution in [1.29, 1.82) is 0 Å². The fraction of sp³-hybridized carbons (Fsp3) is 0.733. The number of nitrogens with one attached hydrogen (secondary N) is 2. The number of halogens is 2. The van der Waals surface area contributed by atoms with Gasteiger partial charge in [-0.05, 0) is 26.9 Å². The first-order valence-electron chi connectivity index (χ1n) is 7.62. The number of likely N-dealkylation sites (tertiary alicyclic amines) is 1. The Morgan fingerprint density at radius 3 is 2.83 bits per heavy atom. The molecule has 0 spiro atoms. The number of carbonyl (C=O) groups excluding carboxylic acids is 1. The van der Waals surface area contributed by atoms with Crippen LogP contribution in [0.1, 0.15) is 11.4 Å². The molecular formula is C15H27Cl2N5O. The van der Waals surface area contributed by atoms with E-state index in [9.17, 15) is 4.79 Å². The molecule has 1 amide bonds.